The van der Waals surface area contributed by atoms with Crippen LogP contribution in [0.1, 0.15) is 29.7 Å². The fraction of sp³-hybridized carbons (Fsp3) is 0.148. The summed E-state index contributed by atoms with van der Waals surface area (Å²) < 4.78 is 10.8. The van der Waals surface area contributed by atoms with Gasteiger partial charge in [-0.2, -0.15) is 5.26 Å². The van der Waals surface area contributed by atoms with Gasteiger partial charge in [-0.05, 0) is 67.1 Å². The number of anilines is 1. The number of phenols is 1. The Bertz CT molecular complexity index is 1430. The first-order valence-electron chi connectivity index (χ1n) is 10.9. The molecule has 3 aromatic rings. The van der Waals surface area contributed by atoms with E-state index in [9.17, 15) is 19.8 Å². The second-order valence-electron chi connectivity index (χ2n) is 7.83. The molecule has 0 radical (unpaired) electrons. The highest BCUT2D eigenvalue weighted by molar-refractivity contribution is 6.51. The quantitative estimate of drug-likeness (QED) is 0.277. The van der Waals surface area contributed by atoms with E-state index >= 15 is 0 Å². The molecule has 0 aromatic heterocycles. The number of benzene rings is 3. The van der Waals surface area contributed by atoms with Crippen LogP contribution in [0.25, 0.3) is 5.76 Å². The maximum atomic E-state index is 13.4. The zero-order valence-electron chi connectivity index (χ0n) is 19.4. The van der Waals surface area contributed by atoms with Gasteiger partial charge in [0.2, 0.25) is 0 Å². The minimum absolute atomic E-state index is 0.118. The first kappa shape index (κ1) is 24.6. The molecular formula is C27H21ClN2O6. The van der Waals surface area contributed by atoms with E-state index in [-0.39, 0.29) is 35.0 Å². The first-order valence-corrected chi connectivity index (χ1v) is 11.3. The van der Waals surface area contributed by atoms with E-state index in [1.807, 2.05) is 6.07 Å². The zero-order valence-corrected chi connectivity index (χ0v) is 20.1. The Hall–Kier alpha value is -4.48. The van der Waals surface area contributed by atoms with Gasteiger partial charge in [0, 0.05) is 10.7 Å². The molecule has 3 aromatic carbocycles. The van der Waals surface area contributed by atoms with Crippen molar-refractivity contribution >= 4 is 34.7 Å². The van der Waals surface area contributed by atoms with Crippen LogP contribution in [0.3, 0.4) is 0 Å². The number of carbonyl (C=O) groups is 2. The van der Waals surface area contributed by atoms with Gasteiger partial charge in [0.15, 0.2) is 11.5 Å². The minimum atomic E-state index is -1.08. The van der Waals surface area contributed by atoms with Gasteiger partial charge in [-0.15, -0.1) is 0 Å². The fourth-order valence-corrected chi connectivity index (χ4v) is 4.27. The van der Waals surface area contributed by atoms with Crippen LogP contribution in [0.4, 0.5) is 5.69 Å². The number of hydrogen-bond acceptors (Lipinski definition) is 7. The number of aliphatic hydroxyl groups is 1. The molecule has 182 valence electrons. The van der Waals surface area contributed by atoms with Crippen molar-refractivity contribution in [2.24, 2.45) is 0 Å². The summed E-state index contributed by atoms with van der Waals surface area (Å²) >= 11 is 6.15. The van der Waals surface area contributed by atoms with Crippen molar-refractivity contribution in [1.29, 1.82) is 5.26 Å². The van der Waals surface area contributed by atoms with Gasteiger partial charge in [-0.3, -0.25) is 14.5 Å². The van der Waals surface area contributed by atoms with Gasteiger partial charge < -0.3 is 19.7 Å². The number of amides is 1. The fourth-order valence-electron chi connectivity index (χ4n) is 4.09. The van der Waals surface area contributed by atoms with Crippen LogP contribution in [0.5, 0.6) is 17.2 Å². The molecule has 0 saturated carbocycles. The Kier molecular flexibility index (Phi) is 6.86. The van der Waals surface area contributed by atoms with Crippen molar-refractivity contribution in [1.82, 2.24) is 0 Å². The van der Waals surface area contributed by atoms with Crippen molar-refractivity contribution in [2.45, 2.75) is 13.0 Å². The summed E-state index contributed by atoms with van der Waals surface area (Å²) in [6.45, 7) is 2.02. The molecule has 36 heavy (non-hydrogen) atoms. The third-order valence-corrected chi connectivity index (χ3v) is 5.97. The molecule has 1 fully saturated rings. The number of ketones is 1. The number of aliphatic hydroxyl groups excluding tert-OH is 1. The molecule has 4 rings (SSSR count). The Morgan fingerprint density at radius 2 is 1.81 bits per heavy atom. The van der Waals surface area contributed by atoms with Gasteiger partial charge in [0.25, 0.3) is 11.7 Å². The van der Waals surface area contributed by atoms with Gasteiger partial charge in [-0.25, -0.2) is 0 Å². The SMILES string of the molecule is CCOc1cc(C2/C(=C(\O)c3cc(Cl)ccc3OC)C(=O)C(=O)N2c2ccc(C#N)cc2)ccc1O. The van der Waals surface area contributed by atoms with E-state index < -0.39 is 23.5 Å². The Labute approximate surface area is 212 Å². The number of Topliss-reactive ketones (excluding diaryl/α,β-unsaturated/α-hetero) is 1. The number of halogens is 1. The van der Waals surface area contributed by atoms with Crippen LogP contribution in [0, 0.1) is 11.3 Å². The molecule has 0 aliphatic carbocycles. The molecule has 1 aliphatic rings. The van der Waals surface area contributed by atoms with Crippen LogP contribution < -0.4 is 14.4 Å². The van der Waals surface area contributed by atoms with Crippen molar-refractivity contribution in [3.8, 4) is 23.3 Å². The highest BCUT2D eigenvalue weighted by Gasteiger charge is 2.47. The first-order chi connectivity index (χ1) is 17.3. The van der Waals surface area contributed by atoms with Crippen LogP contribution in [0.2, 0.25) is 5.02 Å². The summed E-state index contributed by atoms with van der Waals surface area (Å²) in [5.41, 5.74) is 1.06. The number of aromatic hydroxyl groups is 1. The summed E-state index contributed by atoms with van der Waals surface area (Å²) in [5, 5.41) is 31.0. The number of phenolic OH excluding ortho intramolecular Hbond substituents is 1. The summed E-state index contributed by atoms with van der Waals surface area (Å²) in [6.07, 6.45) is 0. The molecule has 9 heteroatoms. The standard InChI is InChI=1S/C27H21ClN2O6/c1-3-36-22-12-16(6-10-20(22)31)24-23(25(32)19-13-17(28)7-11-21(19)35-2)26(33)27(34)30(24)18-8-4-15(14-29)5-9-18/h4-13,24,31-32H,3H2,1-2H3/b25-23+. The van der Waals surface area contributed by atoms with E-state index in [2.05, 4.69) is 0 Å². The summed E-state index contributed by atoms with van der Waals surface area (Å²) in [5.74, 6) is -1.98. The molecular weight excluding hydrogens is 484 g/mol. The van der Waals surface area contributed by atoms with Crippen molar-refractivity contribution in [3.63, 3.8) is 0 Å². The number of methoxy groups -OCH3 is 1. The second-order valence-corrected chi connectivity index (χ2v) is 8.27. The number of nitriles is 1. The second kappa shape index (κ2) is 10.0. The Morgan fingerprint density at radius 3 is 2.44 bits per heavy atom. The third kappa shape index (κ3) is 4.32. The Balaban J connectivity index is 1.99. The topological polar surface area (TPSA) is 120 Å². The van der Waals surface area contributed by atoms with E-state index in [1.165, 1.54) is 54.5 Å². The van der Waals surface area contributed by atoms with Gasteiger partial charge in [-0.1, -0.05) is 17.7 Å². The largest absolute Gasteiger partial charge is 0.507 e. The number of rotatable bonds is 6. The third-order valence-electron chi connectivity index (χ3n) is 5.74. The summed E-state index contributed by atoms with van der Waals surface area (Å²) in [4.78, 5) is 27.9. The van der Waals surface area contributed by atoms with Crippen molar-refractivity contribution in [3.05, 3.63) is 87.9 Å². The van der Waals surface area contributed by atoms with Crippen LogP contribution >= 0.6 is 11.6 Å². The highest BCUT2D eigenvalue weighted by atomic mass is 35.5. The lowest BCUT2D eigenvalue weighted by Gasteiger charge is -2.26. The molecule has 0 spiro atoms. The van der Waals surface area contributed by atoms with E-state index in [1.54, 1.807) is 25.1 Å². The molecule has 1 saturated heterocycles. The van der Waals surface area contributed by atoms with Crippen molar-refractivity contribution in [2.75, 3.05) is 18.6 Å². The number of nitrogens with zero attached hydrogens (tertiary/aromatic N) is 2. The van der Waals surface area contributed by atoms with Crippen LogP contribution in [-0.4, -0.2) is 35.6 Å². The maximum Gasteiger partial charge on any atom is 0.300 e. The van der Waals surface area contributed by atoms with Crippen LogP contribution in [-0.2, 0) is 9.59 Å². The average molecular weight is 505 g/mol. The van der Waals surface area contributed by atoms with Gasteiger partial charge >= 0.3 is 0 Å². The molecule has 1 amide bonds. The highest BCUT2D eigenvalue weighted by Crippen LogP contribution is 2.45. The van der Waals surface area contributed by atoms with E-state index in [4.69, 9.17) is 26.3 Å². The lowest BCUT2D eigenvalue weighted by atomic mass is 9.94. The molecule has 2 N–H and O–H groups in total. The predicted octanol–water partition coefficient (Wildman–Crippen LogP) is 4.95. The smallest absolute Gasteiger partial charge is 0.300 e. The Morgan fingerprint density at radius 1 is 1.08 bits per heavy atom. The molecule has 1 atom stereocenters. The van der Waals surface area contributed by atoms with Crippen LogP contribution in [0.15, 0.2) is 66.2 Å². The molecule has 1 heterocycles. The zero-order chi connectivity index (χ0) is 26.0. The molecule has 1 aliphatic heterocycles. The number of ether oxygens (including phenoxy) is 2. The minimum Gasteiger partial charge on any atom is -0.507 e. The average Bonchev–Trinajstić information content (AvgIpc) is 3.15. The van der Waals surface area contributed by atoms with Gasteiger partial charge in [0.1, 0.15) is 11.5 Å². The normalized spacial score (nSPS) is 16.6. The monoisotopic (exact) mass is 504 g/mol. The molecule has 1 unspecified atom stereocenters. The molecule has 8 nitrogen and oxygen atoms in total. The number of hydrogen-bond donors (Lipinski definition) is 2. The number of carbonyl (C=O) groups excluding carboxylic acids is 2. The van der Waals surface area contributed by atoms with Crippen molar-refractivity contribution < 1.29 is 29.3 Å². The van der Waals surface area contributed by atoms with Gasteiger partial charge in [0.05, 0.1) is 42.5 Å². The molecule has 0 bridgehead atoms. The lowest BCUT2D eigenvalue weighted by Crippen LogP contribution is -2.29. The lowest BCUT2D eigenvalue weighted by molar-refractivity contribution is -0.132. The van der Waals surface area contributed by atoms with E-state index in [0.29, 0.717) is 21.8 Å². The van der Waals surface area contributed by atoms with E-state index in [0.717, 1.165) is 0 Å². The summed E-state index contributed by atoms with van der Waals surface area (Å²) in [6, 6.07) is 16.0. The maximum absolute atomic E-state index is 13.4. The predicted molar refractivity (Wildman–Crippen MR) is 133 cm³/mol. The summed E-state index contributed by atoms with van der Waals surface area (Å²) in [7, 11) is 1.40.